The second kappa shape index (κ2) is 14.3. The number of hydrogen-bond donors (Lipinski definition) is 0. The molecule has 3 nitrogen and oxygen atoms in total. The smallest absolute Gasteiger partial charge is 0.136 e. The zero-order chi connectivity index (χ0) is 42.2. The quantitative estimate of drug-likeness (QED) is 0.160. The van der Waals surface area contributed by atoms with E-state index in [4.69, 9.17) is 8.83 Å². The molecule has 0 N–H and O–H groups in total. The molecule has 0 radical (unpaired) electrons. The van der Waals surface area contributed by atoms with Crippen LogP contribution < -0.4 is 4.90 Å². The molecule has 0 spiro atoms. The van der Waals surface area contributed by atoms with Crippen LogP contribution in [0.15, 0.2) is 245 Å². The Kier molecular flexibility index (Phi) is 8.13. The van der Waals surface area contributed by atoms with Gasteiger partial charge >= 0.3 is 0 Å². The first-order valence-electron chi connectivity index (χ1n) is 21.9. The van der Waals surface area contributed by atoms with Gasteiger partial charge in [0.25, 0.3) is 0 Å². The molecule has 0 atom stereocenters. The van der Waals surface area contributed by atoms with Crippen LogP contribution in [0.25, 0.3) is 77.3 Å². The Morgan fingerprint density at radius 3 is 1.58 bits per heavy atom. The van der Waals surface area contributed by atoms with Crippen molar-refractivity contribution in [3.8, 4) is 33.4 Å². The third kappa shape index (κ3) is 5.47. The maximum atomic E-state index is 6.87. The molecular weight excluding hydrogens is 779 g/mol. The number of anilines is 3. The van der Waals surface area contributed by atoms with Crippen molar-refractivity contribution < 1.29 is 8.83 Å². The summed E-state index contributed by atoms with van der Waals surface area (Å²) in [5.74, 6) is 0. The lowest BCUT2D eigenvalue weighted by molar-refractivity contribution is 0.666. The molecule has 0 saturated heterocycles. The maximum absolute atomic E-state index is 6.87. The largest absolute Gasteiger partial charge is 0.456 e. The predicted molar refractivity (Wildman–Crippen MR) is 264 cm³/mol. The Bertz CT molecular complexity index is 3660. The first-order valence-corrected chi connectivity index (χ1v) is 21.9. The van der Waals surface area contributed by atoms with Crippen molar-refractivity contribution in [2.75, 3.05) is 4.90 Å². The van der Waals surface area contributed by atoms with E-state index in [0.29, 0.717) is 0 Å². The fraction of sp³-hybridized carbons (Fsp3) is 0.0164. The van der Waals surface area contributed by atoms with Crippen LogP contribution in [0.4, 0.5) is 17.1 Å². The molecular formula is C61H39NO2. The Balaban J connectivity index is 0.956. The van der Waals surface area contributed by atoms with Gasteiger partial charge in [0.05, 0.1) is 5.41 Å². The lowest BCUT2D eigenvalue weighted by Gasteiger charge is -2.33. The van der Waals surface area contributed by atoms with Gasteiger partial charge < -0.3 is 13.7 Å². The van der Waals surface area contributed by atoms with Crippen molar-refractivity contribution in [3.05, 3.63) is 259 Å². The van der Waals surface area contributed by atoms with Gasteiger partial charge in [-0.1, -0.05) is 170 Å². The lowest BCUT2D eigenvalue weighted by atomic mass is 9.67. The highest BCUT2D eigenvalue weighted by atomic mass is 16.3. The molecule has 64 heavy (non-hydrogen) atoms. The van der Waals surface area contributed by atoms with Gasteiger partial charge in [-0.05, 0) is 122 Å². The van der Waals surface area contributed by atoms with Gasteiger partial charge in [-0.2, -0.15) is 0 Å². The van der Waals surface area contributed by atoms with E-state index in [2.05, 4.69) is 229 Å². The van der Waals surface area contributed by atoms with Gasteiger partial charge in [0.15, 0.2) is 0 Å². The van der Waals surface area contributed by atoms with Crippen LogP contribution in [0.1, 0.15) is 22.3 Å². The third-order valence-corrected chi connectivity index (χ3v) is 13.4. The fourth-order valence-corrected chi connectivity index (χ4v) is 10.5. The van der Waals surface area contributed by atoms with Crippen molar-refractivity contribution in [2.45, 2.75) is 5.41 Å². The van der Waals surface area contributed by atoms with E-state index in [9.17, 15) is 0 Å². The van der Waals surface area contributed by atoms with E-state index in [0.717, 1.165) is 72.1 Å². The van der Waals surface area contributed by atoms with E-state index in [1.807, 2.05) is 12.1 Å². The number of rotatable bonds is 7. The molecule has 13 rings (SSSR count). The molecule has 300 valence electrons. The van der Waals surface area contributed by atoms with Gasteiger partial charge in [0, 0.05) is 38.6 Å². The van der Waals surface area contributed by atoms with E-state index >= 15 is 0 Å². The van der Waals surface area contributed by atoms with Crippen LogP contribution >= 0.6 is 0 Å². The SMILES string of the molecule is c1ccc(-c2ccc(N(c3ccc(-c4cccc5oc6cc7c(cc6c45)-c4ccccc4C7(c4ccccc4)c4ccccc4)cc3)c3ccc4oc5ccccc5c4c3)cc2)cc1. The topological polar surface area (TPSA) is 29.5 Å². The molecule has 1 aliphatic rings. The number of benzene rings is 10. The molecule has 0 bridgehead atoms. The summed E-state index contributed by atoms with van der Waals surface area (Å²) in [7, 11) is 0. The molecule has 0 aliphatic heterocycles. The number of nitrogens with zero attached hydrogens (tertiary/aromatic N) is 1. The third-order valence-electron chi connectivity index (χ3n) is 13.4. The second-order valence-electron chi connectivity index (χ2n) is 16.8. The van der Waals surface area contributed by atoms with Crippen LogP contribution in [0, 0.1) is 0 Å². The summed E-state index contributed by atoms with van der Waals surface area (Å²) in [6.07, 6.45) is 0. The van der Waals surface area contributed by atoms with Crippen LogP contribution in [-0.2, 0) is 5.41 Å². The monoisotopic (exact) mass is 817 g/mol. The first-order chi connectivity index (χ1) is 31.7. The zero-order valence-corrected chi connectivity index (χ0v) is 34.8. The molecule has 1 aliphatic carbocycles. The number of hydrogen-bond acceptors (Lipinski definition) is 3. The minimum absolute atomic E-state index is 0.497. The summed E-state index contributed by atoms with van der Waals surface area (Å²) in [6.45, 7) is 0. The molecule has 0 amide bonds. The molecule has 0 unspecified atom stereocenters. The van der Waals surface area contributed by atoms with Crippen molar-refractivity contribution in [3.63, 3.8) is 0 Å². The molecule has 2 heterocycles. The van der Waals surface area contributed by atoms with E-state index in [-0.39, 0.29) is 0 Å². The normalized spacial score (nSPS) is 12.8. The van der Waals surface area contributed by atoms with Crippen molar-refractivity contribution in [2.24, 2.45) is 0 Å². The van der Waals surface area contributed by atoms with Crippen LogP contribution in [0.2, 0.25) is 0 Å². The average Bonchev–Trinajstić information content (AvgIpc) is 4.02. The van der Waals surface area contributed by atoms with Crippen molar-refractivity contribution in [1.82, 2.24) is 0 Å². The Morgan fingerprint density at radius 1 is 0.297 bits per heavy atom. The molecule has 0 saturated carbocycles. The van der Waals surface area contributed by atoms with E-state index < -0.39 is 5.41 Å². The van der Waals surface area contributed by atoms with Crippen LogP contribution in [0.5, 0.6) is 0 Å². The lowest BCUT2D eigenvalue weighted by Crippen LogP contribution is -2.28. The van der Waals surface area contributed by atoms with Crippen LogP contribution in [-0.4, -0.2) is 0 Å². The molecule has 0 fully saturated rings. The number of para-hydroxylation sites is 1. The summed E-state index contributed by atoms with van der Waals surface area (Å²) >= 11 is 0. The first kappa shape index (κ1) is 36.3. The molecule has 12 aromatic rings. The second-order valence-corrected chi connectivity index (χ2v) is 16.8. The van der Waals surface area contributed by atoms with Crippen LogP contribution in [0.3, 0.4) is 0 Å². The summed E-state index contributed by atoms with van der Waals surface area (Å²) < 4.78 is 13.1. The predicted octanol–water partition coefficient (Wildman–Crippen LogP) is 16.7. The standard InChI is InChI=1S/C61H39NO2/c1-4-15-40(16-5-1)41-27-31-45(32-28-41)62(47-35-36-57-52(37-47)50-22-11-13-25-56(50)63-57)46-33-29-42(30-34-46)48-23-14-26-58-60(48)53-38-51-49-21-10-12-24-54(49)61(43-17-6-2-7-18-43,44-19-8-3-9-20-44)55(51)39-59(53)64-58/h1-39H. The van der Waals surface area contributed by atoms with Gasteiger partial charge in [-0.3, -0.25) is 0 Å². The van der Waals surface area contributed by atoms with Gasteiger partial charge in [0.2, 0.25) is 0 Å². The van der Waals surface area contributed by atoms with Crippen molar-refractivity contribution >= 4 is 60.9 Å². The summed E-state index contributed by atoms with van der Waals surface area (Å²) in [5.41, 5.74) is 18.3. The minimum atomic E-state index is -0.497. The highest BCUT2D eigenvalue weighted by molar-refractivity contribution is 6.14. The summed E-state index contributed by atoms with van der Waals surface area (Å²) in [5, 5.41) is 4.43. The zero-order valence-electron chi connectivity index (χ0n) is 34.8. The Hall–Kier alpha value is -8.40. The van der Waals surface area contributed by atoms with Gasteiger partial charge in [-0.25, -0.2) is 0 Å². The number of furan rings is 2. The number of fused-ring (bicyclic) bond motifs is 9. The van der Waals surface area contributed by atoms with Gasteiger partial charge in [-0.15, -0.1) is 0 Å². The van der Waals surface area contributed by atoms with Gasteiger partial charge in [0.1, 0.15) is 22.3 Å². The molecule has 10 aromatic carbocycles. The Morgan fingerprint density at radius 2 is 0.844 bits per heavy atom. The maximum Gasteiger partial charge on any atom is 0.136 e. The minimum Gasteiger partial charge on any atom is -0.456 e. The summed E-state index contributed by atoms with van der Waals surface area (Å²) in [4.78, 5) is 2.33. The average molecular weight is 818 g/mol. The Labute approximate surface area is 370 Å². The highest BCUT2D eigenvalue weighted by Crippen LogP contribution is 2.57. The molecule has 3 heteroatoms. The fourth-order valence-electron chi connectivity index (χ4n) is 10.5. The van der Waals surface area contributed by atoms with Crippen molar-refractivity contribution in [1.29, 1.82) is 0 Å². The van der Waals surface area contributed by atoms with E-state index in [1.165, 1.54) is 44.5 Å². The molecule has 2 aromatic heterocycles. The van der Waals surface area contributed by atoms with E-state index in [1.54, 1.807) is 0 Å². The summed E-state index contributed by atoms with van der Waals surface area (Å²) in [6, 6.07) is 85.1. The highest BCUT2D eigenvalue weighted by Gasteiger charge is 2.46.